The smallest absolute Gasteiger partial charge is 0.259 e. The average Bonchev–Trinajstić information content (AvgIpc) is 3.01. The lowest BCUT2D eigenvalue weighted by atomic mass is 10.0. The lowest BCUT2D eigenvalue weighted by Crippen LogP contribution is -2.27. The van der Waals surface area contributed by atoms with Crippen LogP contribution < -0.4 is 4.74 Å². The number of amides is 1. The molecule has 0 aliphatic carbocycles. The average molecular weight is 353 g/mol. The fourth-order valence-electron chi connectivity index (χ4n) is 2.94. The molecule has 0 atom stereocenters. The van der Waals surface area contributed by atoms with E-state index in [1.54, 1.807) is 19.1 Å². The van der Waals surface area contributed by atoms with Crippen molar-refractivity contribution in [3.63, 3.8) is 0 Å². The molecule has 1 aromatic carbocycles. The highest BCUT2D eigenvalue weighted by Gasteiger charge is 2.22. The van der Waals surface area contributed by atoms with E-state index >= 15 is 0 Å². The fourth-order valence-corrected chi connectivity index (χ4v) is 2.94. The van der Waals surface area contributed by atoms with Gasteiger partial charge in [-0.2, -0.15) is 0 Å². The van der Waals surface area contributed by atoms with Gasteiger partial charge in [0.05, 0.1) is 23.8 Å². The molecule has 3 aromatic rings. The van der Waals surface area contributed by atoms with Crippen LogP contribution in [0.25, 0.3) is 11.1 Å². The van der Waals surface area contributed by atoms with Crippen molar-refractivity contribution < 1.29 is 14.1 Å². The first-order valence-electron chi connectivity index (χ1n) is 8.56. The van der Waals surface area contributed by atoms with E-state index in [-0.39, 0.29) is 11.8 Å². The molecule has 2 aromatic heterocycles. The summed E-state index contributed by atoms with van der Waals surface area (Å²) in [6, 6.07) is 9.53. The molecular weight excluding hydrogens is 330 g/mol. The van der Waals surface area contributed by atoms with Crippen LogP contribution in [0.1, 0.15) is 47.1 Å². The Kier molecular flexibility index (Phi) is 4.93. The molecule has 136 valence electrons. The Morgan fingerprint density at radius 3 is 2.73 bits per heavy atom. The summed E-state index contributed by atoms with van der Waals surface area (Å²) in [4.78, 5) is 19.3. The van der Waals surface area contributed by atoms with Gasteiger partial charge in [0, 0.05) is 24.8 Å². The number of ether oxygens (including phenoxy) is 1. The number of methoxy groups -OCH3 is 1. The topological polar surface area (TPSA) is 68.5 Å². The molecule has 3 rings (SSSR count). The molecular formula is C20H23N3O3. The molecule has 0 unspecified atom stereocenters. The summed E-state index contributed by atoms with van der Waals surface area (Å²) in [7, 11) is 3.40. The molecule has 0 saturated carbocycles. The van der Waals surface area contributed by atoms with Gasteiger partial charge in [-0.05, 0) is 25.0 Å². The van der Waals surface area contributed by atoms with E-state index < -0.39 is 0 Å². The summed E-state index contributed by atoms with van der Waals surface area (Å²) < 4.78 is 10.7. The van der Waals surface area contributed by atoms with E-state index in [0.717, 1.165) is 17.0 Å². The third-order valence-corrected chi connectivity index (χ3v) is 4.41. The van der Waals surface area contributed by atoms with Crippen molar-refractivity contribution in [1.82, 2.24) is 15.0 Å². The van der Waals surface area contributed by atoms with Crippen molar-refractivity contribution in [1.29, 1.82) is 0 Å². The van der Waals surface area contributed by atoms with Crippen LogP contribution in [-0.4, -0.2) is 35.1 Å². The second kappa shape index (κ2) is 7.15. The van der Waals surface area contributed by atoms with Crippen LogP contribution in [0.4, 0.5) is 0 Å². The summed E-state index contributed by atoms with van der Waals surface area (Å²) in [6.45, 7) is 6.32. The maximum Gasteiger partial charge on any atom is 0.259 e. The normalized spacial score (nSPS) is 11.2. The molecule has 0 aliphatic rings. The van der Waals surface area contributed by atoms with Crippen molar-refractivity contribution in [2.45, 2.75) is 33.2 Å². The maximum atomic E-state index is 13.2. The van der Waals surface area contributed by atoms with Crippen molar-refractivity contribution in [3.05, 3.63) is 52.8 Å². The van der Waals surface area contributed by atoms with Gasteiger partial charge in [0.25, 0.3) is 11.6 Å². The van der Waals surface area contributed by atoms with Gasteiger partial charge in [0.2, 0.25) is 0 Å². The Balaban J connectivity index is 1.99. The SMILES string of the molecule is COc1ccccc1CN(C)C(=O)c1cc(C(C)C)nc2onc(C)c12. The van der Waals surface area contributed by atoms with Gasteiger partial charge in [-0.3, -0.25) is 4.79 Å². The van der Waals surface area contributed by atoms with Crippen molar-refractivity contribution in [3.8, 4) is 5.75 Å². The number of pyridine rings is 1. The van der Waals surface area contributed by atoms with Gasteiger partial charge in [0.15, 0.2) is 0 Å². The van der Waals surface area contributed by atoms with Crippen LogP contribution >= 0.6 is 0 Å². The van der Waals surface area contributed by atoms with Gasteiger partial charge in [-0.15, -0.1) is 0 Å². The number of fused-ring (bicyclic) bond motifs is 1. The summed E-state index contributed by atoms with van der Waals surface area (Å²) in [5, 5.41) is 4.65. The zero-order valence-corrected chi connectivity index (χ0v) is 15.7. The largest absolute Gasteiger partial charge is 0.496 e. The molecule has 2 heterocycles. The molecule has 26 heavy (non-hydrogen) atoms. The lowest BCUT2D eigenvalue weighted by Gasteiger charge is -2.20. The van der Waals surface area contributed by atoms with Gasteiger partial charge >= 0.3 is 0 Å². The summed E-state index contributed by atoms with van der Waals surface area (Å²) in [6.07, 6.45) is 0. The first-order chi connectivity index (χ1) is 12.4. The predicted octanol–water partition coefficient (Wildman–Crippen LogP) is 3.94. The van der Waals surface area contributed by atoms with Gasteiger partial charge in [-0.1, -0.05) is 37.2 Å². The molecule has 0 saturated heterocycles. The van der Waals surface area contributed by atoms with E-state index in [9.17, 15) is 4.79 Å². The van der Waals surface area contributed by atoms with Crippen LogP contribution in [0.5, 0.6) is 5.75 Å². The molecule has 0 bridgehead atoms. The number of aryl methyl sites for hydroxylation is 1. The Morgan fingerprint density at radius 2 is 2.04 bits per heavy atom. The number of hydrogen-bond acceptors (Lipinski definition) is 5. The molecule has 0 N–H and O–H groups in total. The van der Waals surface area contributed by atoms with Gasteiger partial charge in [0.1, 0.15) is 5.75 Å². The Morgan fingerprint density at radius 1 is 1.31 bits per heavy atom. The van der Waals surface area contributed by atoms with Crippen LogP contribution in [0, 0.1) is 6.92 Å². The second-order valence-electron chi connectivity index (χ2n) is 6.67. The van der Waals surface area contributed by atoms with Crippen molar-refractivity contribution in [2.75, 3.05) is 14.2 Å². The first kappa shape index (κ1) is 17.9. The van der Waals surface area contributed by atoms with Crippen LogP contribution in [-0.2, 0) is 6.54 Å². The highest BCUT2D eigenvalue weighted by molar-refractivity contribution is 6.05. The van der Waals surface area contributed by atoms with Crippen LogP contribution in [0.3, 0.4) is 0 Å². The number of rotatable bonds is 5. The number of nitrogens with zero attached hydrogens (tertiary/aromatic N) is 3. The minimum absolute atomic E-state index is 0.100. The summed E-state index contributed by atoms with van der Waals surface area (Å²) >= 11 is 0. The van der Waals surface area contributed by atoms with Crippen molar-refractivity contribution in [2.24, 2.45) is 0 Å². The van der Waals surface area contributed by atoms with E-state index in [1.807, 2.05) is 51.1 Å². The molecule has 1 amide bonds. The minimum atomic E-state index is -0.100. The highest BCUT2D eigenvalue weighted by Crippen LogP contribution is 2.27. The van der Waals surface area contributed by atoms with Gasteiger partial charge < -0.3 is 14.2 Å². The maximum absolute atomic E-state index is 13.2. The Bertz CT molecular complexity index is 947. The number of benzene rings is 1. The molecule has 6 heteroatoms. The second-order valence-corrected chi connectivity index (χ2v) is 6.67. The third-order valence-electron chi connectivity index (χ3n) is 4.41. The van der Waals surface area contributed by atoms with Crippen LogP contribution in [0.2, 0.25) is 0 Å². The molecule has 0 radical (unpaired) electrons. The number of para-hydroxylation sites is 1. The quantitative estimate of drug-likeness (QED) is 0.695. The molecule has 0 aliphatic heterocycles. The van der Waals surface area contributed by atoms with E-state index in [1.165, 1.54) is 0 Å². The number of aromatic nitrogens is 2. The number of carbonyl (C=O) groups is 1. The standard InChI is InChI=1S/C20H23N3O3/c1-12(2)16-10-15(18-13(3)22-26-19(18)21-16)20(24)23(4)11-14-8-6-7-9-17(14)25-5/h6-10,12H,11H2,1-5H3. The summed E-state index contributed by atoms with van der Waals surface area (Å²) in [5.74, 6) is 0.837. The number of hydrogen-bond donors (Lipinski definition) is 0. The molecule has 0 spiro atoms. The third kappa shape index (κ3) is 3.27. The zero-order chi connectivity index (χ0) is 18.8. The fraction of sp³-hybridized carbons (Fsp3) is 0.350. The number of carbonyl (C=O) groups excluding carboxylic acids is 1. The predicted molar refractivity (Wildman–Crippen MR) is 99.4 cm³/mol. The van der Waals surface area contributed by atoms with Gasteiger partial charge in [-0.25, -0.2) is 4.98 Å². The minimum Gasteiger partial charge on any atom is -0.496 e. The van der Waals surface area contributed by atoms with Crippen LogP contribution in [0.15, 0.2) is 34.9 Å². The van der Waals surface area contributed by atoms with Crippen molar-refractivity contribution >= 4 is 17.0 Å². The molecule has 0 fully saturated rings. The van der Waals surface area contributed by atoms with E-state index in [4.69, 9.17) is 9.26 Å². The zero-order valence-electron chi connectivity index (χ0n) is 15.7. The first-order valence-corrected chi connectivity index (χ1v) is 8.56. The Labute approximate surface area is 152 Å². The van der Waals surface area contributed by atoms with E-state index in [2.05, 4.69) is 10.1 Å². The monoisotopic (exact) mass is 353 g/mol. The molecule has 6 nitrogen and oxygen atoms in total. The highest BCUT2D eigenvalue weighted by atomic mass is 16.5. The lowest BCUT2D eigenvalue weighted by molar-refractivity contribution is 0.0786. The summed E-state index contributed by atoms with van der Waals surface area (Å²) in [5.41, 5.74) is 3.39. The Hall–Kier alpha value is -2.89. The van der Waals surface area contributed by atoms with E-state index in [0.29, 0.717) is 28.9 Å².